The van der Waals surface area contributed by atoms with E-state index < -0.39 is 0 Å². The van der Waals surface area contributed by atoms with Gasteiger partial charge in [0.1, 0.15) is 0 Å². The van der Waals surface area contributed by atoms with E-state index in [2.05, 4.69) is 57.1 Å². The second-order valence-electron chi connectivity index (χ2n) is 5.89. The van der Waals surface area contributed by atoms with E-state index in [0.717, 1.165) is 24.5 Å². The maximum absolute atomic E-state index is 6.33. The van der Waals surface area contributed by atoms with Gasteiger partial charge in [-0.25, -0.2) is 0 Å². The normalized spacial score (nSPS) is 14.8. The first-order valence-corrected chi connectivity index (χ1v) is 8.03. The maximum atomic E-state index is 6.33. The molecular weight excluding hydrogens is 268 g/mol. The second kappa shape index (κ2) is 8.66. The highest BCUT2D eigenvalue weighted by molar-refractivity contribution is 6.31. The van der Waals surface area contributed by atoms with E-state index in [-0.39, 0.29) is 0 Å². The van der Waals surface area contributed by atoms with Crippen molar-refractivity contribution in [3.63, 3.8) is 0 Å². The molecule has 0 aliphatic carbocycles. The molecule has 3 heteroatoms. The van der Waals surface area contributed by atoms with Gasteiger partial charge in [-0.15, -0.1) is 0 Å². The van der Waals surface area contributed by atoms with Crippen LogP contribution in [0.1, 0.15) is 45.7 Å². The van der Waals surface area contributed by atoms with E-state index in [4.69, 9.17) is 11.6 Å². The first-order valence-electron chi connectivity index (χ1n) is 7.65. The molecule has 0 spiro atoms. The number of hydrogen-bond donors (Lipinski definition) is 1. The molecule has 1 rings (SSSR count). The fraction of sp³-hybridized carbons (Fsp3) is 0.647. The minimum absolute atomic E-state index is 0.329. The van der Waals surface area contributed by atoms with Crippen LogP contribution >= 0.6 is 11.6 Å². The highest BCUT2D eigenvalue weighted by Crippen LogP contribution is 2.25. The number of halogens is 1. The molecule has 2 unspecified atom stereocenters. The topological polar surface area (TPSA) is 15.3 Å². The van der Waals surface area contributed by atoms with Gasteiger partial charge in [0.2, 0.25) is 0 Å². The van der Waals surface area contributed by atoms with Gasteiger partial charge in [-0.3, -0.25) is 0 Å². The van der Waals surface area contributed by atoms with Crippen molar-refractivity contribution in [2.24, 2.45) is 5.92 Å². The van der Waals surface area contributed by atoms with Gasteiger partial charge in [0.05, 0.1) is 0 Å². The molecule has 0 heterocycles. The molecule has 0 aliphatic heterocycles. The molecule has 0 saturated heterocycles. The third-order valence-electron chi connectivity index (χ3n) is 4.16. The average molecular weight is 297 g/mol. The maximum Gasteiger partial charge on any atom is 0.0453 e. The Morgan fingerprint density at radius 3 is 2.40 bits per heavy atom. The number of benzene rings is 1. The zero-order chi connectivity index (χ0) is 15.1. The molecule has 0 radical (unpaired) electrons. The van der Waals surface area contributed by atoms with E-state index in [0.29, 0.717) is 18.0 Å². The van der Waals surface area contributed by atoms with Gasteiger partial charge in [-0.05, 0) is 51.0 Å². The summed E-state index contributed by atoms with van der Waals surface area (Å²) in [6.45, 7) is 11.0. The smallest absolute Gasteiger partial charge is 0.0453 e. The standard InChI is InChI=1S/C17H29ClN2/c1-6-19-17(15-9-7-8-10-16(15)18)11-12-20(5)14(4)13(2)3/h7-10,13-14,17,19H,6,11-12H2,1-5H3. The highest BCUT2D eigenvalue weighted by atomic mass is 35.5. The summed E-state index contributed by atoms with van der Waals surface area (Å²) in [5.74, 6) is 0.679. The lowest BCUT2D eigenvalue weighted by molar-refractivity contribution is 0.198. The first-order chi connectivity index (χ1) is 9.47. The average Bonchev–Trinajstić information content (AvgIpc) is 2.43. The molecule has 0 aromatic heterocycles. The second-order valence-corrected chi connectivity index (χ2v) is 6.29. The van der Waals surface area contributed by atoms with E-state index in [1.807, 2.05) is 12.1 Å². The van der Waals surface area contributed by atoms with Crippen molar-refractivity contribution in [3.05, 3.63) is 34.9 Å². The van der Waals surface area contributed by atoms with Gasteiger partial charge in [-0.2, -0.15) is 0 Å². The Balaban J connectivity index is 2.67. The van der Waals surface area contributed by atoms with Crippen molar-refractivity contribution < 1.29 is 0 Å². The van der Waals surface area contributed by atoms with Crippen LogP contribution in [-0.4, -0.2) is 31.1 Å². The number of hydrogen-bond acceptors (Lipinski definition) is 2. The monoisotopic (exact) mass is 296 g/mol. The SMILES string of the molecule is CCNC(CCN(C)C(C)C(C)C)c1ccccc1Cl. The fourth-order valence-electron chi connectivity index (χ4n) is 2.42. The Bertz CT molecular complexity index is 392. The van der Waals surface area contributed by atoms with Crippen molar-refractivity contribution in [2.45, 2.75) is 46.2 Å². The summed E-state index contributed by atoms with van der Waals surface area (Å²) in [5, 5.41) is 4.41. The summed E-state index contributed by atoms with van der Waals surface area (Å²) in [6.07, 6.45) is 1.07. The summed E-state index contributed by atoms with van der Waals surface area (Å²) in [7, 11) is 2.21. The van der Waals surface area contributed by atoms with Gasteiger partial charge in [0.25, 0.3) is 0 Å². The Kier molecular flexibility index (Phi) is 7.57. The summed E-state index contributed by atoms with van der Waals surface area (Å²) < 4.78 is 0. The Morgan fingerprint density at radius 2 is 1.85 bits per heavy atom. The molecule has 1 N–H and O–H groups in total. The summed E-state index contributed by atoms with van der Waals surface area (Å²) >= 11 is 6.33. The predicted octanol–water partition coefficient (Wildman–Crippen LogP) is 4.36. The largest absolute Gasteiger partial charge is 0.310 e. The molecular formula is C17H29ClN2. The fourth-order valence-corrected chi connectivity index (χ4v) is 2.68. The van der Waals surface area contributed by atoms with Gasteiger partial charge >= 0.3 is 0 Å². The first kappa shape index (κ1) is 17.5. The van der Waals surface area contributed by atoms with Gasteiger partial charge in [-0.1, -0.05) is 50.6 Å². The zero-order valence-corrected chi connectivity index (χ0v) is 14.2. The lowest BCUT2D eigenvalue weighted by Crippen LogP contribution is -2.36. The zero-order valence-electron chi connectivity index (χ0n) is 13.5. The van der Waals surface area contributed by atoms with Gasteiger partial charge in [0, 0.05) is 17.1 Å². The molecule has 1 aromatic carbocycles. The van der Waals surface area contributed by atoms with E-state index >= 15 is 0 Å². The van der Waals surface area contributed by atoms with Crippen LogP contribution in [-0.2, 0) is 0 Å². The third kappa shape index (κ3) is 5.08. The lowest BCUT2D eigenvalue weighted by Gasteiger charge is -2.30. The molecule has 0 aliphatic rings. The summed E-state index contributed by atoms with van der Waals surface area (Å²) in [6, 6.07) is 9.08. The van der Waals surface area contributed by atoms with Crippen molar-refractivity contribution in [2.75, 3.05) is 20.1 Å². The molecule has 2 atom stereocenters. The van der Waals surface area contributed by atoms with E-state index in [1.165, 1.54) is 5.56 Å². The molecule has 20 heavy (non-hydrogen) atoms. The Hall–Kier alpha value is -0.570. The van der Waals surface area contributed by atoms with Crippen LogP contribution < -0.4 is 5.32 Å². The number of nitrogens with one attached hydrogen (secondary N) is 1. The molecule has 0 saturated carbocycles. The van der Waals surface area contributed by atoms with Crippen LogP contribution in [0.3, 0.4) is 0 Å². The lowest BCUT2D eigenvalue weighted by atomic mass is 10.0. The highest BCUT2D eigenvalue weighted by Gasteiger charge is 2.17. The quantitative estimate of drug-likeness (QED) is 0.767. The Morgan fingerprint density at radius 1 is 1.20 bits per heavy atom. The van der Waals surface area contributed by atoms with Crippen molar-refractivity contribution in [3.8, 4) is 0 Å². The molecule has 0 amide bonds. The van der Waals surface area contributed by atoms with Gasteiger partial charge in [0.15, 0.2) is 0 Å². The van der Waals surface area contributed by atoms with Crippen LogP contribution in [0.4, 0.5) is 0 Å². The molecule has 0 fully saturated rings. The minimum atomic E-state index is 0.329. The number of nitrogens with zero attached hydrogens (tertiary/aromatic N) is 1. The van der Waals surface area contributed by atoms with Crippen LogP contribution in [0.15, 0.2) is 24.3 Å². The summed E-state index contributed by atoms with van der Waals surface area (Å²) in [5.41, 5.74) is 1.21. The van der Waals surface area contributed by atoms with Crippen molar-refractivity contribution in [1.82, 2.24) is 10.2 Å². The third-order valence-corrected chi connectivity index (χ3v) is 4.51. The molecule has 114 valence electrons. The van der Waals surface area contributed by atoms with E-state index in [9.17, 15) is 0 Å². The summed E-state index contributed by atoms with van der Waals surface area (Å²) in [4.78, 5) is 2.44. The molecule has 2 nitrogen and oxygen atoms in total. The van der Waals surface area contributed by atoms with E-state index in [1.54, 1.807) is 0 Å². The van der Waals surface area contributed by atoms with Crippen LogP contribution in [0.25, 0.3) is 0 Å². The van der Waals surface area contributed by atoms with Crippen molar-refractivity contribution >= 4 is 11.6 Å². The van der Waals surface area contributed by atoms with Crippen LogP contribution in [0.5, 0.6) is 0 Å². The van der Waals surface area contributed by atoms with Gasteiger partial charge < -0.3 is 10.2 Å². The minimum Gasteiger partial charge on any atom is -0.310 e. The number of rotatable bonds is 8. The molecule has 1 aromatic rings. The molecule has 0 bridgehead atoms. The predicted molar refractivity (Wildman–Crippen MR) is 89.4 cm³/mol. The van der Waals surface area contributed by atoms with Crippen LogP contribution in [0, 0.1) is 5.92 Å². The van der Waals surface area contributed by atoms with Crippen LogP contribution in [0.2, 0.25) is 5.02 Å². The Labute approximate surface area is 129 Å². The van der Waals surface area contributed by atoms with Crippen molar-refractivity contribution in [1.29, 1.82) is 0 Å².